The first-order valence-corrected chi connectivity index (χ1v) is 9.53. The topological polar surface area (TPSA) is 68.2 Å². The minimum atomic E-state index is -0.887. The Kier molecular flexibility index (Phi) is 4.92. The van der Waals surface area contributed by atoms with Gasteiger partial charge < -0.3 is 9.88 Å². The molecule has 148 valence electrons. The Balaban J connectivity index is 1.81. The van der Waals surface area contributed by atoms with Crippen LogP contribution in [0, 0.1) is 6.92 Å². The molecule has 1 amide bonds. The summed E-state index contributed by atoms with van der Waals surface area (Å²) in [5, 5.41) is 3.01. The van der Waals surface area contributed by atoms with E-state index >= 15 is 0 Å². The van der Waals surface area contributed by atoms with Crippen molar-refractivity contribution >= 4 is 23.1 Å². The fourth-order valence-corrected chi connectivity index (χ4v) is 3.34. The van der Waals surface area contributed by atoms with Gasteiger partial charge in [-0.15, -0.1) is 0 Å². The molecule has 0 aliphatic heterocycles. The standard InChI is InChI=1S/C25H20N2O3/c1-17-7-9-18(10-8-17)14-26-25(30)22-15-27(20-5-3-2-4-6-20)23-12-11-19(16-28)13-21(23)24(22)29/h2-13,15-16H,14H2,1H3,(H,26,30)/i16T. The Bertz CT molecular complexity index is 1340. The molecule has 0 bridgehead atoms. The van der Waals surface area contributed by atoms with Gasteiger partial charge in [0, 0.05) is 29.4 Å². The molecular weight excluding hydrogens is 376 g/mol. The summed E-state index contributed by atoms with van der Waals surface area (Å²) < 4.78 is 9.12. The third-order valence-corrected chi connectivity index (χ3v) is 4.97. The van der Waals surface area contributed by atoms with E-state index in [1.165, 1.54) is 18.3 Å². The number of aryl methyl sites for hydroxylation is 1. The van der Waals surface area contributed by atoms with Crippen molar-refractivity contribution in [1.82, 2.24) is 9.88 Å². The number of carbonyl (C=O) groups is 2. The van der Waals surface area contributed by atoms with Crippen molar-refractivity contribution in [3.8, 4) is 5.69 Å². The summed E-state index contributed by atoms with van der Waals surface area (Å²) in [5.74, 6) is -0.500. The van der Waals surface area contributed by atoms with Gasteiger partial charge in [-0.2, -0.15) is 0 Å². The van der Waals surface area contributed by atoms with Crippen molar-refractivity contribution in [1.29, 1.82) is 0 Å². The fourth-order valence-electron chi connectivity index (χ4n) is 3.34. The lowest BCUT2D eigenvalue weighted by molar-refractivity contribution is 0.0949. The second kappa shape index (κ2) is 8.17. The number of hydrogen-bond donors (Lipinski definition) is 1. The van der Waals surface area contributed by atoms with Crippen LogP contribution in [0.4, 0.5) is 0 Å². The summed E-state index contributed by atoms with van der Waals surface area (Å²) >= 11 is 0. The maximum absolute atomic E-state index is 13.1. The normalized spacial score (nSPS) is 11.2. The number of rotatable bonds is 5. The molecule has 0 atom stereocenters. The summed E-state index contributed by atoms with van der Waals surface area (Å²) in [6.07, 6.45) is 0.633. The Hall–Kier alpha value is -3.99. The number of nitrogens with one attached hydrogen (secondary N) is 1. The van der Waals surface area contributed by atoms with Gasteiger partial charge >= 0.3 is 0 Å². The van der Waals surface area contributed by atoms with E-state index in [1.54, 1.807) is 10.6 Å². The van der Waals surface area contributed by atoms with E-state index in [-0.39, 0.29) is 23.1 Å². The van der Waals surface area contributed by atoms with E-state index in [9.17, 15) is 14.4 Å². The van der Waals surface area contributed by atoms with Crippen molar-refractivity contribution < 1.29 is 11.0 Å². The van der Waals surface area contributed by atoms with Crippen molar-refractivity contribution in [3.63, 3.8) is 0 Å². The molecule has 0 spiro atoms. The van der Waals surface area contributed by atoms with Gasteiger partial charge in [0.15, 0.2) is 0 Å². The van der Waals surface area contributed by atoms with Crippen LogP contribution in [0.25, 0.3) is 16.6 Å². The molecular formula is C25H20N2O3. The van der Waals surface area contributed by atoms with Gasteiger partial charge in [-0.25, -0.2) is 0 Å². The van der Waals surface area contributed by atoms with Gasteiger partial charge in [-0.05, 0) is 42.8 Å². The third-order valence-electron chi connectivity index (χ3n) is 4.97. The Morgan fingerprint density at radius 1 is 1.07 bits per heavy atom. The largest absolute Gasteiger partial charge is 0.348 e. The molecule has 0 saturated heterocycles. The summed E-state index contributed by atoms with van der Waals surface area (Å²) in [6, 6.07) is 21.6. The first-order chi connectivity index (χ1) is 14.9. The predicted octanol–water partition coefficient (Wildman–Crippen LogP) is 4.04. The number of fused-ring (bicyclic) bond motifs is 1. The van der Waals surface area contributed by atoms with Crippen molar-refractivity contribution in [2.24, 2.45) is 0 Å². The summed E-state index contributed by atoms with van der Waals surface area (Å²) in [7, 11) is 0. The molecule has 1 heterocycles. The van der Waals surface area contributed by atoms with Crippen molar-refractivity contribution in [3.05, 3.63) is 111 Å². The molecule has 4 rings (SSSR count). The first-order valence-electron chi connectivity index (χ1n) is 10.0. The SMILES string of the molecule is [3H]C(=O)c1ccc2c(c1)c(=O)c(C(=O)NCc1ccc(C)cc1)cn2-c1ccccc1. The van der Waals surface area contributed by atoms with Crippen LogP contribution in [0.15, 0.2) is 83.8 Å². The molecule has 1 aromatic heterocycles. The Morgan fingerprint density at radius 2 is 1.80 bits per heavy atom. The maximum atomic E-state index is 13.1. The summed E-state index contributed by atoms with van der Waals surface area (Å²) in [4.78, 5) is 37.6. The number of aromatic nitrogens is 1. The average Bonchev–Trinajstić information content (AvgIpc) is 2.79. The molecule has 3 aromatic carbocycles. The van der Waals surface area contributed by atoms with Crippen molar-refractivity contribution in [2.45, 2.75) is 13.5 Å². The highest BCUT2D eigenvalue weighted by atomic mass is 16.2. The minimum absolute atomic E-state index is 0.0296. The van der Waals surface area contributed by atoms with Gasteiger partial charge in [0.25, 0.3) is 5.91 Å². The van der Waals surface area contributed by atoms with Crippen LogP contribution in [0.3, 0.4) is 0 Å². The van der Waals surface area contributed by atoms with Crippen LogP contribution >= 0.6 is 0 Å². The van der Waals surface area contributed by atoms with E-state index < -0.39 is 17.6 Å². The van der Waals surface area contributed by atoms with Crippen LogP contribution in [-0.4, -0.2) is 16.7 Å². The zero-order valence-corrected chi connectivity index (χ0v) is 16.4. The molecule has 0 unspecified atom stereocenters. The Morgan fingerprint density at radius 3 is 2.50 bits per heavy atom. The number of para-hydroxylation sites is 1. The molecule has 1 N–H and O–H groups in total. The first kappa shape index (κ1) is 18.1. The number of carbonyl (C=O) groups excluding carboxylic acids is 2. The van der Waals surface area contributed by atoms with E-state index in [2.05, 4.69) is 5.32 Å². The maximum Gasteiger partial charge on any atom is 0.257 e. The highest BCUT2D eigenvalue weighted by molar-refractivity contribution is 5.98. The summed E-state index contributed by atoms with van der Waals surface area (Å²) in [5.41, 5.74) is 2.95. The van der Waals surface area contributed by atoms with Crippen LogP contribution in [0.2, 0.25) is 0 Å². The lowest BCUT2D eigenvalue weighted by atomic mass is 10.1. The average molecular weight is 398 g/mol. The molecule has 4 aromatic rings. The van der Waals surface area contributed by atoms with Crippen molar-refractivity contribution in [2.75, 3.05) is 0 Å². The van der Waals surface area contributed by atoms with E-state index in [1.807, 2.05) is 61.5 Å². The van der Waals surface area contributed by atoms with Gasteiger partial charge in [0.2, 0.25) is 5.43 Å². The molecule has 0 fully saturated rings. The number of pyridine rings is 1. The highest BCUT2D eigenvalue weighted by Gasteiger charge is 2.16. The summed E-state index contributed by atoms with van der Waals surface area (Å²) in [6.45, 7) is 2.27. The second-order valence-corrected chi connectivity index (χ2v) is 7.08. The van der Waals surface area contributed by atoms with Gasteiger partial charge in [-0.3, -0.25) is 14.4 Å². The number of aldehydes is 1. The lowest BCUT2D eigenvalue weighted by Gasteiger charge is -2.14. The lowest BCUT2D eigenvalue weighted by Crippen LogP contribution is -2.29. The quantitative estimate of drug-likeness (QED) is 0.516. The van der Waals surface area contributed by atoms with Crippen LogP contribution in [0.1, 0.15) is 33.2 Å². The zero-order valence-electron chi connectivity index (χ0n) is 17.4. The van der Waals surface area contributed by atoms with Gasteiger partial charge in [0.1, 0.15) is 13.2 Å². The predicted molar refractivity (Wildman–Crippen MR) is 117 cm³/mol. The number of amides is 1. The van der Waals surface area contributed by atoms with E-state index in [0.717, 1.165) is 16.8 Å². The Labute approximate surface area is 175 Å². The van der Waals surface area contributed by atoms with Crippen LogP contribution in [-0.2, 0) is 6.54 Å². The molecule has 5 heteroatoms. The highest BCUT2D eigenvalue weighted by Crippen LogP contribution is 2.19. The monoisotopic (exact) mass is 398 g/mol. The minimum Gasteiger partial charge on any atom is -0.348 e. The zero-order chi connectivity index (χ0) is 22.0. The molecule has 0 aliphatic carbocycles. The molecule has 0 saturated carbocycles. The van der Waals surface area contributed by atoms with Gasteiger partial charge in [-0.1, -0.05) is 48.0 Å². The number of nitrogens with zero attached hydrogens (tertiary/aromatic N) is 1. The smallest absolute Gasteiger partial charge is 0.257 e. The molecule has 0 aliphatic rings. The third kappa shape index (κ3) is 3.78. The number of hydrogen-bond acceptors (Lipinski definition) is 3. The number of benzene rings is 3. The molecule has 0 radical (unpaired) electrons. The van der Waals surface area contributed by atoms with E-state index in [4.69, 9.17) is 1.37 Å². The second-order valence-electron chi connectivity index (χ2n) is 7.08. The van der Waals surface area contributed by atoms with Crippen LogP contribution in [0.5, 0.6) is 0 Å². The fraction of sp³-hybridized carbons (Fsp3) is 0.0800. The molecule has 5 nitrogen and oxygen atoms in total. The van der Waals surface area contributed by atoms with Crippen LogP contribution < -0.4 is 10.7 Å². The molecule has 30 heavy (non-hydrogen) atoms. The van der Waals surface area contributed by atoms with Gasteiger partial charge in [0.05, 0.1) is 5.52 Å². The van der Waals surface area contributed by atoms with E-state index in [0.29, 0.717) is 5.52 Å².